The Morgan fingerprint density at radius 1 is 1.17 bits per heavy atom. The number of amides is 1. The summed E-state index contributed by atoms with van der Waals surface area (Å²) in [5.74, 6) is -1.72. The molecule has 0 heterocycles. The van der Waals surface area contributed by atoms with E-state index in [1.165, 1.54) is 0 Å². The summed E-state index contributed by atoms with van der Waals surface area (Å²) >= 11 is 0. The Morgan fingerprint density at radius 2 is 1.79 bits per heavy atom. The van der Waals surface area contributed by atoms with E-state index in [1.807, 2.05) is 0 Å². The second-order valence-corrected chi connectivity index (χ2v) is 5.09. The number of carbonyl (C=O) groups is 4. The average Bonchev–Trinajstić information content (AvgIpc) is 2.58. The summed E-state index contributed by atoms with van der Waals surface area (Å²) in [6.07, 6.45) is 1.04. The first-order valence-corrected chi connectivity index (χ1v) is 7.78. The molecule has 0 aromatic rings. The molecular formula is C15H26N4O5. The molecule has 136 valence electrons. The molecule has 24 heavy (non-hydrogen) atoms. The molecular weight excluding hydrogens is 316 g/mol. The number of rotatable bonds is 13. The Labute approximate surface area is 141 Å². The van der Waals surface area contributed by atoms with Gasteiger partial charge in [0, 0.05) is 12.8 Å². The van der Waals surface area contributed by atoms with Crippen molar-refractivity contribution in [2.24, 2.45) is 5.73 Å². The maximum Gasteiger partial charge on any atom is 0.328 e. The van der Waals surface area contributed by atoms with Gasteiger partial charge in [-0.05, 0) is 26.8 Å². The molecule has 0 saturated heterocycles. The minimum Gasteiger partial charge on any atom is -0.464 e. The number of hydrogen-bond acceptors (Lipinski definition) is 8. The van der Waals surface area contributed by atoms with Crippen molar-refractivity contribution in [3.8, 4) is 0 Å². The Balaban J connectivity index is 4.79. The number of likely N-dealkylation sites (N-methyl/N-ethyl adjacent to an activating group) is 1. The van der Waals surface area contributed by atoms with Crippen LogP contribution in [0.5, 0.6) is 0 Å². The van der Waals surface area contributed by atoms with E-state index in [1.54, 1.807) is 14.0 Å². The summed E-state index contributed by atoms with van der Waals surface area (Å²) in [7, 11) is 1.56. The van der Waals surface area contributed by atoms with Crippen LogP contribution in [0.1, 0.15) is 32.6 Å². The van der Waals surface area contributed by atoms with Gasteiger partial charge >= 0.3 is 5.97 Å². The minimum absolute atomic E-state index is 0.0386. The molecule has 0 saturated carbocycles. The van der Waals surface area contributed by atoms with Crippen molar-refractivity contribution < 1.29 is 23.9 Å². The number of carbonyl (C=O) groups excluding carboxylic acids is 4. The molecule has 0 aliphatic carbocycles. The number of Topliss-reactive ketones (excluding diaryl/α,β-unsaturated/α-hetero) is 2. The predicted molar refractivity (Wildman–Crippen MR) is 87.7 cm³/mol. The topological polar surface area (TPSA) is 151 Å². The van der Waals surface area contributed by atoms with Crippen LogP contribution in [-0.4, -0.2) is 61.9 Å². The molecule has 9 nitrogen and oxygen atoms in total. The first-order chi connectivity index (χ1) is 11.4. The summed E-state index contributed by atoms with van der Waals surface area (Å²) in [6, 6.07) is -1.65. The molecule has 0 rings (SSSR count). The third-order valence-corrected chi connectivity index (χ3v) is 3.33. The van der Waals surface area contributed by atoms with Crippen LogP contribution >= 0.6 is 0 Å². The third kappa shape index (κ3) is 8.49. The molecule has 2 unspecified atom stereocenters. The highest BCUT2D eigenvalue weighted by molar-refractivity contribution is 6.26. The van der Waals surface area contributed by atoms with Crippen LogP contribution < -0.4 is 16.4 Å². The van der Waals surface area contributed by atoms with E-state index in [0.29, 0.717) is 6.21 Å². The maximum absolute atomic E-state index is 12.3. The van der Waals surface area contributed by atoms with E-state index in [0.717, 1.165) is 0 Å². The summed E-state index contributed by atoms with van der Waals surface area (Å²) in [5, 5.41) is 12.2. The molecule has 0 aliphatic rings. The zero-order chi connectivity index (χ0) is 18.5. The smallest absolute Gasteiger partial charge is 0.328 e. The second kappa shape index (κ2) is 12.3. The van der Waals surface area contributed by atoms with Crippen LogP contribution in [0.15, 0.2) is 0 Å². The number of nitrogens with two attached hydrogens (primary N) is 1. The van der Waals surface area contributed by atoms with Crippen molar-refractivity contribution in [3.05, 3.63) is 0 Å². The fraction of sp³-hybridized carbons (Fsp3) is 0.667. The molecule has 2 atom stereocenters. The van der Waals surface area contributed by atoms with Crippen molar-refractivity contribution in [3.63, 3.8) is 0 Å². The standard InChI is InChI=1S/C15H26N4O5/c1-3-24-15(23)13(7-5-11(21)9-17)19-14(22)12(18-2)6-4-10(20)8-16/h9,12-13,17-18H,3-8,16H2,1-2H3,(H,19,22). The van der Waals surface area contributed by atoms with Crippen molar-refractivity contribution in [2.45, 2.75) is 44.7 Å². The fourth-order valence-electron chi connectivity index (χ4n) is 1.94. The van der Waals surface area contributed by atoms with Gasteiger partial charge in [0.15, 0.2) is 5.78 Å². The van der Waals surface area contributed by atoms with E-state index in [4.69, 9.17) is 15.9 Å². The molecule has 0 spiro atoms. The molecule has 9 heteroatoms. The largest absolute Gasteiger partial charge is 0.464 e. The highest BCUT2D eigenvalue weighted by Crippen LogP contribution is 2.04. The van der Waals surface area contributed by atoms with Crippen LogP contribution in [-0.2, 0) is 23.9 Å². The Hall–Kier alpha value is -2.13. The summed E-state index contributed by atoms with van der Waals surface area (Å²) in [4.78, 5) is 46.6. The number of ketones is 2. The van der Waals surface area contributed by atoms with E-state index >= 15 is 0 Å². The van der Waals surface area contributed by atoms with Crippen LogP contribution in [0, 0.1) is 5.41 Å². The predicted octanol–water partition coefficient (Wildman–Crippen LogP) is -1.07. The van der Waals surface area contributed by atoms with Gasteiger partial charge in [0.1, 0.15) is 11.8 Å². The van der Waals surface area contributed by atoms with Crippen LogP contribution in [0.2, 0.25) is 0 Å². The van der Waals surface area contributed by atoms with Crippen LogP contribution in [0.3, 0.4) is 0 Å². The zero-order valence-electron chi connectivity index (χ0n) is 14.1. The maximum atomic E-state index is 12.3. The monoisotopic (exact) mass is 342 g/mol. The number of ether oxygens (including phenoxy) is 1. The van der Waals surface area contributed by atoms with Crippen molar-refractivity contribution in [1.29, 1.82) is 5.41 Å². The number of esters is 1. The van der Waals surface area contributed by atoms with E-state index in [-0.39, 0.29) is 44.6 Å². The fourth-order valence-corrected chi connectivity index (χ4v) is 1.94. The lowest BCUT2D eigenvalue weighted by Gasteiger charge is -2.21. The van der Waals surface area contributed by atoms with E-state index in [9.17, 15) is 19.2 Å². The molecule has 5 N–H and O–H groups in total. The first-order valence-electron chi connectivity index (χ1n) is 7.78. The van der Waals surface area contributed by atoms with Gasteiger partial charge in [-0.15, -0.1) is 0 Å². The molecule has 0 bridgehead atoms. The lowest BCUT2D eigenvalue weighted by atomic mass is 10.1. The molecule has 1 amide bonds. The minimum atomic E-state index is -0.984. The molecule has 0 aliphatic heterocycles. The number of nitrogens with one attached hydrogen (secondary N) is 3. The van der Waals surface area contributed by atoms with E-state index < -0.39 is 29.7 Å². The van der Waals surface area contributed by atoms with Crippen molar-refractivity contribution >= 4 is 29.7 Å². The van der Waals surface area contributed by atoms with Crippen LogP contribution in [0.25, 0.3) is 0 Å². The third-order valence-electron chi connectivity index (χ3n) is 3.33. The van der Waals surface area contributed by atoms with Gasteiger partial charge in [0.25, 0.3) is 0 Å². The van der Waals surface area contributed by atoms with Gasteiger partial charge in [-0.2, -0.15) is 0 Å². The highest BCUT2D eigenvalue weighted by Gasteiger charge is 2.26. The molecule has 0 fully saturated rings. The Kier molecular flexibility index (Phi) is 11.2. The quantitative estimate of drug-likeness (QED) is 0.246. The highest BCUT2D eigenvalue weighted by atomic mass is 16.5. The van der Waals surface area contributed by atoms with Gasteiger partial charge < -0.3 is 26.5 Å². The van der Waals surface area contributed by atoms with E-state index in [2.05, 4.69) is 10.6 Å². The average molecular weight is 342 g/mol. The summed E-state index contributed by atoms with van der Waals surface area (Å²) in [5.41, 5.74) is 5.23. The van der Waals surface area contributed by atoms with Gasteiger partial charge in [0.05, 0.1) is 25.4 Å². The zero-order valence-corrected chi connectivity index (χ0v) is 14.1. The molecule has 0 radical (unpaired) electrons. The lowest BCUT2D eigenvalue weighted by Crippen LogP contribution is -2.50. The van der Waals surface area contributed by atoms with Gasteiger partial charge in [-0.25, -0.2) is 4.79 Å². The van der Waals surface area contributed by atoms with Crippen LogP contribution in [0.4, 0.5) is 0 Å². The van der Waals surface area contributed by atoms with Crippen molar-refractivity contribution in [2.75, 3.05) is 20.2 Å². The lowest BCUT2D eigenvalue weighted by molar-refractivity contribution is -0.148. The van der Waals surface area contributed by atoms with Gasteiger partial charge in [-0.3, -0.25) is 14.4 Å². The Morgan fingerprint density at radius 3 is 2.29 bits per heavy atom. The van der Waals surface area contributed by atoms with Gasteiger partial charge in [0.2, 0.25) is 5.91 Å². The molecule has 0 aromatic carbocycles. The molecule has 0 aromatic heterocycles. The van der Waals surface area contributed by atoms with Gasteiger partial charge in [-0.1, -0.05) is 0 Å². The van der Waals surface area contributed by atoms with Crippen molar-refractivity contribution in [1.82, 2.24) is 10.6 Å². The number of hydrogen-bond donors (Lipinski definition) is 4. The second-order valence-electron chi connectivity index (χ2n) is 5.09. The SMILES string of the molecule is CCOC(=O)C(CCC(=O)C=N)NC(=O)C(CCC(=O)CN)NC. The Bertz CT molecular complexity index is 467. The normalized spacial score (nSPS) is 12.8. The first kappa shape index (κ1) is 21.9. The summed E-state index contributed by atoms with van der Waals surface area (Å²) < 4.78 is 4.89. The summed E-state index contributed by atoms with van der Waals surface area (Å²) in [6.45, 7) is 1.69.